The summed E-state index contributed by atoms with van der Waals surface area (Å²) in [7, 11) is 1.40. The zero-order valence-corrected chi connectivity index (χ0v) is 16.5. The molecule has 26 heavy (non-hydrogen) atoms. The van der Waals surface area contributed by atoms with Crippen molar-refractivity contribution in [1.82, 2.24) is 9.97 Å². The van der Waals surface area contributed by atoms with Crippen molar-refractivity contribution >= 4 is 39.3 Å². The highest BCUT2D eigenvalue weighted by molar-refractivity contribution is 7.98. The number of hydrogen-bond acceptors (Lipinski definition) is 6. The van der Waals surface area contributed by atoms with E-state index in [4.69, 9.17) is 4.74 Å². The summed E-state index contributed by atoms with van der Waals surface area (Å²) in [6, 6.07) is 7.59. The molecule has 3 aromatic rings. The SMILES string of the molecule is COC(=O)c1cccc(CSc2ncnc3sc4c(c23)CC[C@H](C)C4)c1. The highest BCUT2D eigenvalue weighted by Crippen LogP contribution is 2.41. The summed E-state index contributed by atoms with van der Waals surface area (Å²) in [4.78, 5) is 23.4. The van der Waals surface area contributed by atoms with Crippen LogP contribution in [-0.4, -0.2) is 23.0 Å². The first-order chi connectivity index (χ1) is 12.7. The predicted molar refractivity (Wildman–Crippen MR) is 106 cm³/mol. The fourth-order valence-corrected chi connectivity index (χ4v) is 5.80. The predicted octanol–water partition coefficient (Wildman–Crippen LogP) is 4.90. The summed E-state index contributed by atoms with van der Waals surface area (Å²) in [5.74, 6) is 1.21. The number of nitrogens with zero attached hydrogens (tertiary/aromatic N) is 2. The molecule has 0 unspecified atom stereocenters. The molecule has 134 valence electrons. The fraction of sp³-hybridized carbons (Fsp3) is 0.350. The van der Waals surface area contributed by atoms with Gasteiger partial charge in [-0.25, -0.2) is 14.8 Å². The van der Waals surface area contributed by atoms with Crippen molar-refractivity contribution in [3.05, 3.63) is 52.2 Å². The third kappa shape index (κ3) is 3.35. The monoisotopic (exact) mass is 384 g/mol. The Morgan fingerprint density at radius 3 is 3.12 bits per heavy atom. The molecular weight excluding hydrogens is 364 g/mol. The Kier molecular flexibility index (Phi) is 4.96. The van der Waals surface area contributed by atoms with Crippen LogP contribution in [-0.2, 0) is 23.3 Å². The number of esters is 1. The van der Waals surface area contributed by atoms with Gasteiger partial charge in [0.25, 0.3) is 0 Å². The largest absolute Gasteiger partial charge is 0.465 e. The van der Waals surface area contributed by atoms with Crippen LogP contribution in [0, 0.1) is 5.92 Å². The molecule has 1 aliphatic rings. The minimum Gasteiger partial charge on any atom is -0.465 e. The van der Waals surface area contributed by atoms with Gasteiger partial charge < -0.3 is 4.74 Å². The number of thioether (sulfide) groups is 1. The Labute approximate surface area is 161 Å². The van der Waals surface area contributed by atoms with Crippen molar-refractivity contribution in [1.29, 1.82) is 0 Å². The summed E-state index contributed by atoms with van der Waals surface area (Å²) < 4.78 is 4.81. The number of ether oxygens (including phenoxy) is 1. The quantitative estimate of drug-likeness (QED) is 0.364. The molecule has 0 amide bonds. The summed E-state index contributed by atoms with van der Waals surface area (Å²) in [6.45, 7) is 2.32. The lowest BCUT2D eigenvalue weighted by molar-refractivity contribution is 0.0600. The maximum atomic E-state index is 11.7. The van der Waals surface area contributed by atoms with Crippen LogP contribution >= 0.6 is 23.1 Å². The molecule has 0 fully saturated rings. The van der Waals surface area contributed by atoms with E-state index in [0.717, 1.165) is 39.9 Å². The molecule has 0 saturated heterocycles. The standard InChI is InChI=1S/C20H20N2O2S2/c1-12-6-7-15-16(8-12)26-19-17(15)18(21-11-22-19)25-10-13-4-3-5-14(9-13)20(23)24-2/h3-5,9,11-12H,6-8,10H2,1-2H3/t12-/m0/s1. The second-order valence-electron chi connectivity index (χ2n) is 6.69. The van der Waals surface area contributed by atoms with Crippen molar-refractivity contribution in [3.63, 3.8) is 0 Å². The van der Waals surface area contributed by atoms with Crippen LogP contribution in [0.2, 0.25) is 0 Å². The number of fused-ring (bicyclic) bond motifs is 3. The average Bonchev–Trinajstić information content (AvgIpc) is 3.03. The van der Waals surface area contributed by atoms with Crippen LogP contribution in [0.5, 0.6) is 0 Å². The highest BCUT2D eigenvalue weighted by Gasteiger charge is 2.23. The zero-order chi connectivity index (χ0) is 18.1. The molecule has 1 aromatic carbocycles. The molecule has 2 aromatic heterocycles. The molecule has 0 bridgehead atoms. The summed E-state index contributed by atoms with van der Waals surface area (Å²) in [5, 5.41) is 2.29. The van der Waals surface area contributed by atoms with Gasteiger partial charge in [0.2, 0.25) is 0 Å². The molecule has 0 N–H and O–H groups in total. The normalized spacial score (nSPS) is 16.5. The second kappa shape index (κ2) is 7.37. The lowest BCUT2D eigenvalue weighted by atomic mass is 9.89. The Balaban J connectivity index is 1.61. The number of aryl methyl sites for hydroxylation is 1. The fourth-order valence-electron chi connectivity index (χ4n) is 3.41. The third-order valence-electron chi connectivity index (χ3n) is 4.78. The van der Waals surface area contributed by atoms with Crippen molar-refractivity contribution in [2.75, 3.05) is 7.11 Å². The molecule has 1 atom stereocenters. The van der Waals surface area contributed by atoms with Gasteiger partial charge in [0.1, 0.15) is 16.2 Å². The van der Waals surface area contributed by atoms with Gasteiger partial charge >= 0.3 is 5.97 Å². The first-order valence-electron chi connectivity index (χ1n) is 8.71. The Bertz CT molecular complexity index is 968. The van der Waals surface area contributed by atoms with Crippen molar-refractivity contribution < 1.29 is 9.53 Å². The number of thiophene rings is 1. The lowest BCUT2D eigenvalue weighted by Gasteiger charge is -2.18. The molecule has 6 heteroatoms. The van der Waals surface area contributed by atoms with Crippen molar-refractivity contribution in [3.8, 4) is 0 Å². The van der Waals surface area contributed by atoms with Crippen molar-refractivity contribution in [2.24, 2.45) is 5.92 Å². The van der Waals surface area contributed by atoms with E-state index in [0.29, 0.717) is 5.56 Å². The van der Waals surface area contributed by atoms with Crippen LogP contribution in [0.25, 0.3) is 10.2 Å². The Morgan fingerprint density at radius 2 is 2.27 bits per heavy atom. The first-order valence-corrected chi connectivity index (χ1v) is 10.5. The molecule has 0 spiro atoms. The number of hydrogen-bond donors (Lipinski definition) is 0. The number of rotatable bonds is 4. The molecule has 4 nitrogen and oxygen atoms in total. The lowest BCUT2D eigenvalue weighted by Crippen LogP contribution is -2.08. The molecule has 1 aliphatic carbocycles. The minimum atomic E-state index is -0.303. The van der Waals surface area contributed by atoms with Gasteiger partial charge in [-0.05, 0) is 48.4 Å². The van der Waals surface area contributed by atoms with Crippen molar-refractivity contribution in [2.45, 2.75) is 37.0 Å². The van der Waals surface area contributed by atoms with E-state index >= 15 is 0 Å². The third-order valence-corrected chi connectivity index (χ3v) is 7.00. The molecule has 4 rings (SSSR count). The second-order valence-corrected chi connectivity index (χ2v) is 8.74. The topological polar surface area (TPSA) is 52.1 Å². The summed E-state index contributed by atoms with van der Waals surface area (Å²) in [6.07, 6.45) is 5.18. The van der Waals surface area contributed by atoms with E-state index in [1.165, 1.54) is 29.4 Å². The van der Waals surface area contributed by atoms with Crippen LogP contribution in [0.15, 0.2) is 35.6 Å². The number of methoxy groups -OCH3 is 1. The summed E-state index contributed by atoms with van der Waals surface area (Å²) in [5.41, 5.74) is 3.12. The van der Waals surface area contributed by atoms with Gasteiger partial charge in [-0.1, -0.05) is 19.1 Å². The summed E-state index contributed by atoms with van der Waals surface area (Å²) >= 11 is 3.54. The van der Waals surface area contributed by atoms with Gasteiger partial charge in [-0.2, -0.15) is 0 Å². The molecule has 0 saturated carbocycles. The van der Waals surface area contributed by atoms with Gasteiger partial charge in [0.15, 0.2) is 0 Å². The van der Waals surface area contributed by atoms with E-state index in [1.807, 2.05) is 29.5 Å². The first kappa shape index (κ1) is 17.5. The van der Waals surface area contributed by atoms with Crippen LogP contribution in [0.4, 0.5) is 0 Å². The van der Waals surface area contributed by atoms with Crippen LogP contribution < -0.4 is 0 Å². The Morgan fingerprint density at radius 1 is 1.38 bits per heavy atom. The number of carbonyl (C=O) groups is 1. The van der Waals surface area contributed by atoms with Crippen LogP contribution in [0.1, 0.15) is 39.7 Å². The number of aromatic nitrogens is 2. The van der Waals surface area contributed by atoms with E-state index in [2.05, 4.69) is 16.9 Å². The van der Waals surface area contributed by atoms with Crippen LogP contribution in [0.3, 0.4) is 0 Å². The van der Waals surface area contributed by atoms with Gasteiger partial charge in [-0.3, -0.25) is 0 Å². The molecule has 0 aliphatic heterocycles. The molecular formula is C20H20N2O2S2. The minimum absolute atomic E-state index is 0.303. The number of carbonyl (C=O) groups excluding carboxylic acids is 1. The van der Waals surface area contributed by atoms with E-state index in [9.17, 15) is 4.79 Å². The molecule has 0 radical (unpaired) electrons. The van der Waals surface area contributed by atoms with Gasteiger partial charge in [0.05, 0.1) is 12.7 Å². The highest BCUT2D eigenvalue weighted by atomic mass is 32.2. The van der Waals surface area contributed by atoms with E-state index in [1.54, 1.807) is 24.2 Å². The van der Waals surface area contributed by atoms with Gasteiger partial charge in [0, 0.05) is 16.0 Å². The zero-order valence-electron chi connectivity index (χ0n) is 14.8. The Hall–Kier alpha value is -1.92. The smallest absolute Gasteiger partial charge is 0.337 e. The van der Waals surface area contributed by atoms with E-state index < -0.39 is 0 Å². The van der Waals surface area contributed by atoms with Gasteiger partial charge in [-0.15, -0.1) is 23.1 Å². The maximum absolute atomic E-state index is 11.7. The van der Waals surface area contributed by atoms with E-state index in [-0.39, 0.29) is 5.97 Å². The molecule has 2 heterocycles. The maximum Gasteiger partial charge on any atom is 0.337 e. The number of benzene rings is 1. The average molecular weight is 385 g/mol.